The van der Waals surface area contributed by atoms with E-state index in [-0.39, 0.29) is 29.6 Å². The van der Waals surface area contributed by atoms with Crippen molar-refractivity contribution in [1.29, 1.82) is 0 Å². The first kappa shape index (κ1) is 17.0. The monoisotopic (exact) mass is 352 g/mol. The minimum absolute atomic E-state index is 0.0134. The summed E-state index contributed by atoms with van der Waals surface area (Å²) in [7, 11) is 0. The number of hydrogen-bond donors (Lipinski definition) is 0. The molecule has 0 N–H and O–H groups in total. The van der Waals surface area contributed by atoms with Crippen LogP contribution in [-0.2, 0) is 9.59 Å². The lowest BCUT2D eigenvalue weighted by molar-refractivity contribution is -0.122. The number of hydrogen-bond acceptors (Lipinski definition) is 3. The summed E-state index contributed by atoms with van der Waals surface area (Å²) >= 11 is 0. The summed E-state index contributed by atoms with van der Waals surface area (Å²) in [6, 6.07) is 6.98. The lowest BCUT2D eigenvalue weighted by Gasteiger charge is -2.27. The van der Waals surface area contributed by atoms with E-state index in [0.29, 0.717) is 24.1 Å². The van der Waals surface area contributed by atoms with Gasteiger partial charge in [-0.2, -0.15) is 0 Å². The Morgan fingerprint density at radius 1 is 1.04 bits per heavy atom. The molecule has 2 saturated heterocycles. The van der Waals surface area contributed by atoms with Crippen LogP contribution in [0.5, 0.6) is 0 Å². The second-order valence-corrected chi connectivity index (χ2v) is 7.62. The molecule has 5 nitrogen and oxygen atoms in total. The molecule has 2 heterocycles. The van der Waals surface area contributed by atoms with Gasteiger partial charge >= 0.3 is 0 Å². The van der Waals surface area contributed by atoms with Crippen molar-refractivity contribution in [3.8, 4) is 0 Å². The molecule has 2 fully saturated rings. The zero-order valence-electron chi connectivity index (χ0n) is 15.1. The number of fused-ring (bicyclic) bond motifs is 1. The third-order valence-corrected chi connectivity index (χ3v) is 5.82. The zero-order valence-corrected chi connectivity index (χ0v) is 15.1. The van der Waals surface area contributed by atoms with Crippen LogP contribution in [0.2, 0.25) is 0 Å². The summed E-state index contributed by atoms with van der Waals surface area (Å²) in [5, 5.41) is 0. The van der Waals surface area contributed by atoms with Crippen LogP contribution in [0, 0.1) is 11.8 Å². The lowest BCUT2D eigenvalue weighted by atomic mass is 9.82. The largest absolute Gasteiger partial charge is 0.339 e. The molecule has 0 radical (unpaired) electrons. The van der Waals surface area contributed by atoms with Gasteiger partial charge in [0, 0.05) is 18.7 Å². The summed E-state index contributed by atoms with van der Waals surface area (Å²) < 4.78 is 0. The summed E-state index contributed by atoms with van der Waals surface area (Å²) in [5.41, 5.74) is 2.24. The topological polar surface area (TPSA) is 57.7 Å². The quantitative estimate of drug-likeness (QED) is 0.607. The van der Waals surface area contributed by atoms with Crippen molar-refractivity contribution in [2.24, 2.45) is 11.8 Å². The summed E-state index contributed by atoms with van der Waals surface area (Å²) in [6.07, 6.45) is 6.57. The van der Waals surface area contributed by atoms with E-state index in [0.717, 1.165) is 32.4 Å². The molecule has 5 heteroatoms. The van der Waals surface area contributed by atoms with E-state index in [1.54, 1.807) is 24.3 Å². The number of allylic oxidation sites excluding steroid dienone is 2. The Morgan fingerprint density at radius 3 is 2.54 bits per heavy atom. The molecule has 136 valence electrons. The molecular formula is C21H24N2O3. The van der Waals surface area contributed by atoms with E-state index in [9.17, 15) is 14.4 Å². The van der Waals surface area contributed by atoms with E-state index >= 15 is 0 Å². The highest BCUT2D eigenvalue weighted by Gasteiger charge is 2.48. The Morgan fingerprint density at radius 2 is 1.77 bits per heavy atom. The van der Waals surface area contributed by atoms with E-state index in [2.05, 4.69) is 6.08 Å². The number of anilines is 1. The number of carbonyl (C=O) groups is 3. The van der Waals surface area contributed by atoms with Crippen LogP contribution >= 0.6 is 0 Å². The Labute approximate surface area is 153 Å². The molecule has 1 aromatic carbocycles. The van der Waals surface area contributed by atoms with Crippen molar-refractivity contribution in [2.45, 2.75) is 39.0 Å². The molecule has 26 heavy (non-hydrogen) atoms. The van der Waals surface area contributed by atoms with Crippen LogP contribution in [-0.4, -0.2) is 35.7 Å². The van der Waals surface area contributed by atoms with Crippen LogP contribution < -0.4 is 4.90 Å². The van der Waals surface area contributed by atoms with E-state index in [1.807, 2.05) is 11.8 Å². The number of carbonyl (C=O) groups excluding carboxylic acids is 3. The van der Waals surface area contributed by atoms with Crippen LogP contribution in [0.15, 0.2) is 35.9 Å². The van der Waals surface area contributed by atoms with Gasteiger partial charge in [-0.15, -0.1) is 0 Å². The highest BCUT2D eigenvalue weighted by Crippen LogP contribution is 2.39. The molecule has 2 atom stereocenters. The molecule has 4 rings (SSSR count). The average Bonchev–Trinajstić information content (AvgIpc) is 2.92. The first-order chi connectivity index (χ1) is 12.6. The van der Waals surface area contributed by atoms with E-state index in [4.69, 9.17) is 0 Å². The highest BCUT2D eigenvalue weighted by atomic mass is 16.2. The molecule has 0 spiro atoms. The smallest absolute Gasteiger partial charge is 0.253 e. The second kappa shape index (κ2) is 6.71. The Kier molecular flexibility index (Phi) is 4.39. The number of benzene rings is 1. The normalized spacial score (nSPS) is 26.0. The van der Waals surface area contributed by atoms with Gasteiger partial charge in [0.2, 0.25) is 11.8 Å². The number of nitrogens with zero attached hydrogens (tertiary/aromatic N) is 2. The van der Waals surface area contributed by atoms with Gasteiger partial charge in [-0.3, -0.25) is 19.3 Å². The van der Waals surface area contributed by atoms with Crippen molar-refractivity contribution in [1.82, 2.24) is 4.90 Å². The fraction of sp³-hybridized carbons (Fsp3) is 0.476. The Bertz CT molecular complexity index is 792. The number of rotatable bonds is 2. The minimum atomic E-state index is -0.257. The summed E-state index contributed by atoms with van der Waals surface area (Å²) in [4.78, 5) is 41.6. The van der Waals surface area contributed by atoms with Gasteiger partial charge in [0.15, 0.2) is 0 Å². The van der Waals surface area contributed by atoms with Crippen molar-refractivity contribution in [3.63, 3.8) is 0 Å². The average molecular weight is 352 g/mol. The number of imide groups is 1. The third-order valence-electron chi connectivity index (χ3n) is 5.82. The van der Waals surface area contributed by atoms with Crippen molar-refractivity contribution < 1.29 is 14.4 Å². The fourth-order valence-electron chi connectivity index (χ4n) is 4.35. The fourth-order valence-corrected chi connectivity index (χ4v) is 4.35. The van der Waals surface area contributed by atoms with Gasteiger partial charge in [-0.05, 0) is 57.2 Å². The second-order valence-electron chi connectivity index (χ2n) is 7.62. The van der Waals surface area contributed by atoms with Gasteiger partial charge in [-0.25, -0.2) is 0 Å². The van der Waals surface area contributed by atoms with Gasteiger partial charge < -0.3 is 4.90 Å². The molecule has 1 aromatic rings. The van der Waals surface area contributed by atoms with Crippen molar-refractivity contribution >= 4 is 23.4 Å². The SMILES string of the molecule is CC1=CC[C@H]2C(=O)N(c3cccc(C(=O)N4CCCCC4)c3)C(=O)[C@H]2C1. The molecule has 3 amide bonds. The predicted octanol–water partition coefficient (Wildman–Crippen LogP) is 3.16. The minimum Gasteiger partial charge on any atom is -0.339 e. The Hall–Kier alpha value is -2.43. The van der Waals surface area contributed by atoms with Crippen LogP contribution in [0.1, 0.15) is 49.4 Å². The molecule has 3 aliphatic rings. The number of piperidine rings is 1. The van der Waals surface area contributed by atoms with Crippen LogP contribution in [0.3, 0.4) is 0 Å². The van der Waals surface area contributed by atoms with Gasteiger partial charge in [0.25, 0.3) is 5.91 Å². The van der Waals surface area contributed by atoms with E-state index < -0.39 is 0 Å². The van der Waals surface area contributed by atoms with Crippen LogP contribution in [0.25, 0.3) is 0 Å². The molecular weight excluding hydrogens is 328 g/mol. The third kappa shape index (κ3) is 2.85. The lowest BCUT2D eigenvalue weighted by Crippen LogP contribution is -2.36. The molecule has 2 aliphatic heterocycles. The maximum absolute atomic E-state index is 12.9. The van der Waals surface area contributed by atoms with Gasteiger partial charge in [-0.1, -0.05) is 17.7 Å². The molecule has 0 bridgehead atoms. The Balaban J connectivity index is 1.60. The maximum atomic E-state index is 12.9. The number of likely N-dealkylation sites (tertiary alicyclic amines) is 1. The predicted molar refractivity (Wildman–Crippen MR) is 98.7 cm³/mol. The first-order valence-electron chi connectivity index (χ1n) is 9.49. The van der Waals surface area contributed by atoms with E-state index in [1.165, 1.54) is 10.5 Å². The van der Waals surface area contributed by atoms with Gasteiger partial charge in [0.1, 0.15) is 0 Å². The van der Waals surface area contributed by atoms with Crippen LogP contribution in [0.4, 0.5) is 5.69 Å². The zero-order chi connectivity index (χ0) is 18.3. The summed E-state index contributed by atoms with van der Waals surface area (Å²) in [5.74, 6) is -0.788. The van der Waals surface area contributed by atoms with Crippen molar-refractivity contribution in [2.75, 3.05) is 18.0 Å². The highest BCUT2D eigenvalue weighted by molar-refractivity contribution is 6.22. The maximum Gasteiger partial charge on any atom is 0.253 e. The standard InChI is InChI=1S/C21H24N2O3/c1-14-8-9-17-18(12-14)21(26)23(20(17)25)16-7-5-6-15(13-16)19(24)22-10-3-2-4-11-22/h5-8,13,17-18H,2-4,9-12H2,1H3/t17-,18+/m1/s1. The summed E-state index contributed by atoms with van der Waals surface area (Å²) in [6.45, 7) is 3.56. The number of amides is 3. The molecule has 1 aliphatic carbocycles. The molecule has 0 aromatic heterocycles. The molecule has 0 saturated carbocycles. The molecule has 0 unspecified atom stereocenters. The van der Waals surface area contributed by atoms with Gasteiger partial charge in [0.05, 0.1) is 17.5 Å². The van der Waals surface area contributed by atoms with Crippen molar-refractivity contribution in [3.05, 3.63) is 41.5 Å². The first-order valence-corrected chi connectivity index (χ1v) is 9.49.